The number of nitrogens with one attached hydrogen (secondary N) is 2. The number of carbonyl (C=O) groups is 3. The van der Waals surface area contributed by atoms with Crippen molar-refractivity contribution in [1.82, 2.24) is 25.1 Å². The van der Waals surface area contributed by atoms with Gasteiger partial charge in [-0.25, -0.2) is 4.98 Å². The molecule has 7 rings (SSSR count). The second-order valence-corrected chi connectivity index (χ2v) is 18.3. The summed E-state index contributed by atoms with van der Waals surface area (Å²) in [6.07, 6.45) is 6.66. The van der Waals surface area contributed by atoms with Crippen molar-refractivity contribution < 1.29 is 33.3 Å². The summed E-state index contributed by atoms with van der Waals surface area (Å²) in [4.78, 5) is 47.4. The molecule has 356 valence electrons. The molecule has 2 fully saturated rings. The number of carbonyl (C=O) groups excluding carboxylic acids is 3. The molecular formula is C53H61N7O7S. The van der Waals surface area contributed by atoms with Crippen molar-refractivity contribution in [3.05, 3.63) is 123 Å². The predicted octanol–water partition coefficient (Wildman–Crippen LogP) is 8.08. The third-order valence-corrected chi connectivity index (χ3v) is 14.0. The highest BCUT2D eigenvalue weighted by Gasteiger charge is 2.40. The lowest BCUT2D eigenvalue weighted by Gasteiger charge is -2.35. The summed E-state index contributed by atoms with van der Waals surface area (Å²) < 4.78 is 25.4. The fourth-order valence-electron chi connectivity index (χ4n) is 9.10. The number of thiazole rings is 1. The van der Waals surface area contributed by atoms with Crippen LogP contribution in [0.4, 0.5) is 0 Å². The van der Waals surface area contributed by atoms with Gasteiger partial charge in [-0.3, -0.25) is 14.4 Å². The number of hydrogen-bond acceptors (Lipinski definition) is 12. The largest absolute Gasteiger partial charge is 0.491 e. The summed E-state index contributed by atoms with van der Waals surface area (Å²) in [5, 5.41) is 27.7. The first-order chi connectivity index (χ1) is 33.1. The molecular weight excluding hydrogens is 879 g/mol. The molecule has 68 heavy (non-hydrogen) atoms. The van der Waals surface area contributed by atoms with Gasteiger partial charge in [0.15, 0.2) is 0 Å². The molecule has 3 heterocycles. The molecule has 1 saturated carbocycles. The highest BCUT2D eigenvalue weighted by molar-refractivity contribution is 7.10. The minimum atomic E-state index is -0.581. The molecule has 0 radical (unpaired) electrons. The van der Waals surface area contributed by atoms with E-state index in [9.17, 15) is 24.9 Å². The highest BCUT2D eigenvalue weighted by Crippen LogP contribution is 2.37. The first kappa shape index (κ1) is 49.5. The first-order valence-electron chi connectivity index (χ1n) is 23.6. The van der Waals surface area contributed by atoms with E-state index in [1.54, 1.807) is 55.7 Å². The maximum Gasteiger partial charge on any atom is 0.246 e. The fourth-order valence-corrected chi connectivity index (χ4v) is 10.0. The van der Waals surface area contributed by atoms with Gasteiger partial charge in [0.05, 0.1) is 55.7 Å². The van der Waals surface area contributed by atoms with Crippen LogP contribution in [-0.4, -0.2) is 97.4 Å². The Morgan fingerprint density at radius 1 is 0.824 bits per heavy atom. The van der Waals surface area contributed by atoms with E-state index in [2.05, 4.69) is 27.3 Å². The van der Waals surface area contributed by atoms with Gasteiger partial charge in [-0.1, -0.05) is 55.7 Å². The molecule has 1 aliphatic carbocycles. The normalized spacial score (nSPS) is 15.9. The molecule has 2 aromatic heterocycles. The number of likely N-dealkylation sites (tertiary alicyclic amines) is 1. The van der Waals surface area contributed by atoms with Crippen LogP contribution in [0.25, 0.3) is 11.1 Å². The summed E-state index contributed by atoms with van der Waals surface area (Å²) in [6.45, 7) is 9.16. The lowest BCUT2D eigenvalue weighted by Crippen LogP contribution is -2.55. The Balaban J connectivity index is 0.805. The van der Waals surface area contributed by atoms with Crippen molar-refractivity contribution in [3.8, 4) is 34.8 Å². The van der Waals surface area contributed by atoms with E-state index < -0.39 is 12.1 Å². The van der Waals surface area contributed by atoms with Crippen LogP contribution in [0.2, 0.25) is 0 Å². The van der Waals surface area contributed by atoms with Crippen molar-refractivity contribution >= 4 is 28.9 Å². The van der Waals surface area contributed by atoms with Crippen molar-refractivity contribution in [3.63, 3.8) is 0 Å². The van der Waals surface area contributed by atoms with Gasteiger partial charge >= 0.3 is 0 Å². The van der Waals surface area contributed by atoms with Gasteiger partial charge in [-0.05, 0) is 107 Å². The van der Waals surface area contributed by atoms with Crippen LogP contribution >= 0.6 is 11.3 Å². The quantitative estimate of drug-likeness (QED) is 0.0506. The Bertz CT molecular complexity index is 2590. The number of likely N-dealkylation sites (N-methyl/N-ethyl adjacent to an activating group) is 1. The van der Waals surface area contributed by atoms with Gasteiger partial charge in [0.2, 0.25) is 17.6 Å². The Kier molecular flexibility index (Phi) is 17.5. The maximum absolute atomic E-state index is 14.2. The summed E-state index contributed by atoms with van der Waals surface area (Å²) >= 11 is 1.39. The summed E-state index contributed by atoms with van der Waals surface area (Å²) in [7, 11) is 1.74. The number of nitriles is 2. The van der Waals surface area contributed by atoms with Gasteiger partial charge < -0.3 is 39.0 Å². The zero-order valence-electron chi connectivity index (χ0n) is 39.4. The van der Waals surface area contributed by atoms with Gasteiger partial charge in [0.25, 0.3) is 0 Å². The van der Waals surface area contributed by atoms with Crippen LogP contribution in [0, 0.1) is 42.4 Å². The maximum atomic E-state index is 14.2. The molecule has 0 spiro atoms. The third kappa shape index (κ3) is 12.2. The Morgan fingerprint density at radius 2 is 1.51 bits per heavy atom. The molecule has 2 aliphatic rings. The highest BCUT2D eigenvalue weighted by atomic mass is 32.1. The lowest BCUT2D eigenvalue weighted by atomic mass is 9.83. The third-order valence-electron chi connectivity index (χ3n) is 13.0. The van der Waals surface area contributed by atoms with Gasteiger partial charge in [0.1, 0.15) is 47.5 Å². The molecule has 14 nitrogen and oxygen atoms in total. The molecule has 0 bridgehead atoms. The van der Waals surface area contributed by atoms with Crippen molar-refractivity contribution in [2.24, 2.45) is 5.92 Å². The molecule has 3 unspecified atom stereocenters. The van der Waals surface area contributed by atoms with E-state index >= 15 is 0 Å². The van der Waals surface area contributed by atoms with Gasteiger partial charge in [-0.2, -0.15) is 10.5 Å². The number of aromatic nitrogens is 2. The molecule has 5 aromatic rings. The summed E-state index contributed by atoms with van der Waals surface area (Å²) in [5.41, 5.74) is 6.76. The SMILES string of the molecule is CNC(C)C(=O)NC(C(=O)N1CCCC1c1nc(C(=O)c2cccc(OCCOCCOCCOc3ccc(Cn4c(C)c(C#N)c(-c5ccc(C#N)cc5)c4C)cc3)c2)cs1)C1CCCCC1. The second kappa shape index (κ2) is 24.1. The standard InChI is InChI=1S/C53H61N7O7S/c1-35(56-4)51(62)58-49(41-10-6-5-7-11-41)53(63)59-23-9-14-47(59)52-57-46(34-68-52)50(61)42-12-8-13-44(30-42)67-29-27-65-25-24-64-26-28-66-43-21-17-39(18-22-43)33-60-36(2)45(32-55)48(37(60)3)40-19-15-38(31-54)16-20-40/h8,12-13,15-22,30,34-35,41,47,49,56H,5-7,9-11,14,23-29,33H2,1-4H3,(H,58,62). The number of hydrogen-bond donors (Lipinski definition) is 2. The van der Waals surface area contributed by atoms with Crippen LogP contribution in [0.5, 0.6) is 11.5 Å². The smallest absolute Gasteiger partial charge is 0.246 e. The number of ketones is 1. The van der Waals surface area contributed by atoms with Crippen molar-refractivity contribution in [2.45, 2.75) is 90.4 Å². The molecule has 2 amide bonds. The van der Waals surface area contributed by atoms with Gasteiger partial charge in [-0.15, -0.1) is 11.3 Å². The molecule has 15 heteroatoms. The topological polar surface area (TPSA) is 181 Å². The first-order valence-corrected chi connectivity index (χ1v) is 24.5. The fraction of sp³-hybridized carbons (Fsp3) is 0.434. The minimum Gasteiger partial charge on any atom is -0.491 e. The summed E-state index contributed by atoms with van der Waals surface area (Å²) in [5.74, 6) is 0.919. The van der Waals surface area contributed by atoms with Crippen LogP contribution in [0.1, 0.15) is 107 Å². The zero-order chi connectivity index (χ0) is 48.0. The zero-order valence-corrected chi connectivity index (χ0v) is 40.2. The Morgan fingerprint density at radius 3 is 2.19 bits per heavy atom. The Labute approximate surface area is 403 Å². The van der Waals surface area contributed by atoms with Gasteiger partial charge in [0, 0.05) is 41.0 Å². The summed E-state index contributed by atoms with van der Waals surface area (Å²) in [6, 6.07) is 25.5. The van der Waals surface area contributed by atoms with Crippen LogP contribution in [-0.2, 0) is 25.6 Å². The van der Waals surface area contributed by atoms with Crippen molar-refractivity contribution in [2.75, 3.05) is 53.2 Å². The molecule has 1 aliphatic heterocycles. The van der Waals surface area contributed by atoms with Crippen LogP contribution in [0.15, 0.2) is 78.2 Å². The van der Waals surface area contributed by atoms with Crippen LogP contribution < -0.4 is 20.1 Å². The minimum absolute atomic E-state index is 0.0595. The van der Waals surface area contributed by atoms with E-state index in [1.165, 1.54) is 11.3 Å². The molecule has 3 aromatic carbocycles. The average molecular weight is 940 g/mol. The molecule has 1 saturated heterocycles. The average Bonchev–Trinajstić information content (AvgIpc) is 4.12. The number of nitrogens with zero attached hydrogens (tertiary/aromatic N) is 5. The molecule has 3 atom stereocenters. The van der Waals surface area contributed by atoms with E-state index in [0.717, 1.165) is 83.8 Å². The lowest BCUT2D eigenvalue weighted by molar-refractivity contribution is -0.139. The van der Waals surface area contributed by atoms with Crippen molar-refractivity contribution in [1.29, 1.82) is 10.5 Å². The van der Waals surface area contributed by atoms with E-state index in [1.807, 2.05) is 55.1 Å². The number of rotatable bonds is 22. The number of benzene rings is 3. The van der Waals surface area contributed by atoms with E-state index in [4.69, 9.17) is 23.9 Å². The van der Waals surface area contributed by atoms with E-state index in [0.29, 0.717) is 80.9 Å². The second-order valence-electron chi connectivity index (χ2n) is 17.4. The van der Waals surface area contributed by atoms with Crippen LogP contribution in [0.3, 0.4) is 0 Å². The van der Waals surface area contributed by atoms with E-state index in [-0.39, 0.29) is 29.6 Å². The number of amides is 2. The number of ether oxygens (including phenoxy) is 4. The monoisotopic (exact) mass is 939 g/mol. The molecule has 2 N–H and O–H groups in total. The predicted molar refractivity (Wildman–Crippen MR) is 260 cm³/mol. The Hall–Kier alpha value is -6.36.